The van der Waals surface area contributed by atoms with Crippen molar-refractivity contribution in [3.8, 4) is 11.1 Å². The first-order chi connectivity index (χ1) is 19.5. The van der Waals surface area contributed by atoms with Crippen molar-refractivity contribution in [1.82, 2.24) is 23.8 Å². The summed E-state index contributed by atoms with van der Waals surface area (Å²) in [6, 6.07) is 12.6. The summed E-state index contributed by atoms with van der Waals surface area (Å²) in [5.74, 6) is -1.15. The molecule has 0 aliphatic carbocycles. The van der Waals surface area contributed by atoms with Crippen molar-refractivity contribution in [2.75, 3.05) is 12.3 Å². The molecule has 1 amide bonds. The number of alkyl halides is 3. The van der Waals surface area contributed by atoms with Crippen LogP contribution in [0.4, 0.5) is 13.2 Å². The maximum atomic E-state index is 14.0. The first-order valence-electron chi connectivity index (χ1n) is 12.7. The molecule has 1 aliphatic rings. The molecule has 0 spiro atoms. The molecule has 5 heterocycles. The molecule has 6 rings (SSSR count). The van der Waals surface area contributed by atoms with Gasteiger partial charge in [0.2, 0.25) is 0 Å². The van der Waals surface area contributed by atoms with E-state index in [0.717, 1.165) is 15.3 Å². The average Bonchev–Trinajstić information content (AvgIpc) is 3.51. The second-order valence-corrected chi connectivity index (χ2v) is 11.7. The lowest BCUT2D eigenvalue weighted by Crippen LogP contribution is -2.45. The third-order valence-corrected chi connectivity index (χ3v) is 9.02. The number of benzene rings is 1. The molecule has 1 aromatic carbocycles. The Morgan fingerprint density at radius 2 is 1.78 bits per heavy atom. The lowest BCUT2D eigenvalue weighted by molar-refractivity contribution is -0.136. The normalized spacial score (nSPS) is 14.9. The number of hydrogen-bond acceptors (Lipinski definition) is 6. The third kappa shape index (κ3) is 4.29. The fourth-order valence-corrected chi connectivity index (χ4v) is 7.19. The van der Waals surface area contributed by atoms with Gasteiger partial charge in [0, 0.05) is 19.6 Å². The summed E-state index contributed by atoms with van der Waals surface area (Å²) in [4.78, 5) is 43.8. The van der Waals surface area contributed by atoms with E-state index in [0.29, 0.717) is 5.56 Å². The number of imidazole rings is 1. The van der Waals surface area contributed by atoms with E-state index in [4.69, 9.17) is 0 Å². The fourth-order valence-electron chi connectivity index (χ4n) is 5.47. The predicted molar refractivity (Wildman–Crippen MR) is 143 cm³/mol. The van der Waals surface area contributed by atoms with E-state index >= 15 is 0 Å². The largest absolute Gasteiger partial charge is 0.419 e. The average molecular weight is 586 g/mol. The van der Waals surface area contributed by atoms with E-state index in [2.05, 4.69) is 10.3 Å². The highest BCUT2D eigenvalue weighted by Crippen LogP contribution is 2.40. The van der Waals surface area contributed by atoms with Gasteiger partial charge >= 0.3 is 11.9 Å². The summed E-state index contributed by atoms with van der Waals surface area (Å²) in [6.45, 7) is -0.230. The van der Waals surface area contributed by atoms with Gasteiger partial charge in [-0.15, -0.1) is 0 Å². The van der Waals surface area contributed by atoms with Crippen molar-refractivity contribution in [2.45, 2.75) is 37.1 Å². The summed E-state index contributed by atoms with van der Waals surface area (Å²) in [7, 11) is -3.89. The molecule has 14 heteroatoms. The quantitative estimate of drug-likeness (QED) is 0.241. The molecule has 0 fully saturated rings. The molecule has 212 valence electrons. The van der Waals surface area contributed by atoms with Gasteiger partial charge in [0.15, 0.2) is 14.9 Å². The van der Waals surface area contributed by atoms with E-state index in [-0.39, 0.29) is 65.5 Å². The van der Waals surface area contributed by atoms with Crippen LogP contribution in [0.3, 0.4) is 0 Å². The highest BCUT2D eigenvalue weighted by Gasteiger charge is 2.41. The van der Waals surface area contributed by atoms with Crippen molar-refractivity contribution in [1.29, 1.82) is 0 Å². The maximum absolute atomic E-state index is 14.0. The zero-order chi connectivity index (χ0) is 29.1. The number of halogens is 3. The molecule has 0 bridgehead atoms. The first-order valence-corrected chi connectivity index (χ1v) is 14.4. The summed E-state index contributed by atoms with van der Waals surface area (Å²) in [5, 5.41) is 2.16. The molecule has 4 aromatic heterocycles. The van der Waals surface area contributed by atoms with Crippen LogP contribution in [0.5, 0.6) is 0 Å². The van der Waals surface area contributed by atoms with E-state index in [1.165, 1.54) is 22.6 Å². The Labute approximate surface area is 229 Å². The minimum absolute atomic E-state index is 0.0217. The van der Waals surface area contributed by atoms with Crippen LogP contribution in [0, 0.1) is 0 Å². The van der Waals surface area contributed by atoms with E-state index in [1.54, 1.807) is 30.3 Å². The lowest BCUT2D eigenvalue weighted by atomic mass is 10.1. The van der Waals surface area contributed by atoms with Crippen LogP contribution < -0.4 is 16.6 Å². The molecular formula is C27H22F3N5O5S. The number of sulfone groups is 1. The van der Waals surface area contributed by atoms with Crippen molar-refractivity contribution in [3.05, 3.63) is 86.7 Å². The minimum atomic E-state index is -4.82. The Hall–Kier alpha value is -4.46. The van der Waals surface area contributed by atoms with Gasteiger partial charge in [-0.1, -0.05) is 36.4 Å². The van der Waals surface area contributed by atoms with Crippen molar-refractivity contribution in [3.63, 3.8) is 0 Å². The Morgan fingerprint density at radius 1 is 1.02 bits per heavy atom. The van der Waals surface area contributed by atoms with Gasteiger partial charge in [-0.25, -0.2) is 18.2 Å². The zero-order valence-corrected chi connectivity index (χ0v) is 22.1. The second-order valence-electron chi connectivity index (χ2n) is 9.71. The lowest BCUT2D eigenvalue weighted by Gasteiger charge is -2.23. The van der Waals surface area contributed by atoms with Gasteiger partial charge < -0.3 is 5.32 Å². The van der Waals surface area contributed by atoms with Crippen LogP contribution in [0.2, 0.25) is 0 Å². The van der Waals surface area contributed by atoms with Gasteiger partial charge in [0.1, 0.15) is 5.65 Å². The number of carbonyl (C=O) groups is 1. The van der Waals surface area contributed by atoms with Crippen LogP contribution in [0.25, 0.3) is 27.8 Å². The Balaban J connectivity index is 1.30. The number of rotatable bonds is 6. The second kappa shape index (κ2) is 9.58. The van der Waals surface area contributed by atoms with Crippen LogP contribution in [0.1, 0.15) is 28.8 Å². The Kier molecular flexibility index (Phi) is 6.25. The Morgan fingerprint density at radius 3 is 2.51 bits per heavy atom. The Bertz CT molecular complexity index is 2050. The van der Waals surface area contributed by atoms with Gasteiger partial charge in [0.25, 0.3) is 11.5 Å². The molecular weight excluding hydrogens is 563 g/mol. The molecule has 5 aromatic rings. The van der Waals surface area contributed by atoms with Gasteiger partial charge in [0.05, 0.1) is 39.7 Å². The van der Waals surface area contributed by atoms with Gasteiger partial charge in [-0.05, 0) is 30.5 Å². The molecule has 1 aliphatic heterocycles. The standard InChI is InChI=1S/C27H22F3N5O5S/c28-27(29,30)22-18-15-32-19-10-4-9-17(35(18)19)21(22)23(36)31-11-5-12-33-24(37)20(16-7-2-1-3-8-16)25-34(26(33)38)13-6-14-41(25,39)40/h1-4,7-10,15H,5-6,11-14H2,(H,31,36). The number of aromatic nitrogens is 4. The number of fused-ring (bicyclic) bond motifs is 1. The summed E-state index contributed by atoms with van der Waals surface area (Å²) in [6.07, 6.45) is -3.52. The van der Waals surface area contributed by atoms with Crippen LogP contribution in [-0.2, 0) is 29.1 Å². The molecule has 0 atom stereocenters. The molecule has 0 radical (unpaired) electrons. The molecule has 1 N–H and O–H groups in total. The van der Waals surface area contributed by atoms with E-state index < -0.39 is 44.3 Å². The minimum Gasteiger partial charge on any atom is -0.352 e. The zero-order valence-electron chi connectivity index (χ0n) is 21.3. The highest BCUT2D eigenvalue weighted by molar-refractivity contribution is 7.91. The predicted octanol–water partition coefficient (Wildman–Crippen LogP) is 2.93. The maximum Gasteiger partial charge on any atom is 0.419 e. The summed E-state index contributed by atoms with van der Waals surface area (Å²) >= 11 is 0. The molecule has 41 heavy (non-hydrogen) atoms. The summed E-state index contributed by atoms with van der Waals surface area (Å²) < 4.78 is 71.2. The number of nitrogens with one attached hydrogen (secondary N) is 1. The number of hydrogen-bond donors (Lipinski definition) is 1. The number of nitrogens with zero attached hydrogens (tertiary/aromatic N) is 4. The monoisotopic (exact) mass is 585 g/mol. The number of amides is 1. The topological polar surface area (TPSA) is 125 Å². The van der Waals surface area contributed by atoms with Crippen molar-refractivity contribution >= 4 is 32.4 Å². The first kappa shape index (κ1) is 26.7. The van der Waals surface area contributed by atoms with Crippen LogP contribution in [0.15, 0.2) is 69.3 Å². The molecule has 10 nitrogen and oxygen atoms in total. The van der Waals surface area contributed by atoms with Gasteiger partial charge in [-0.3, -0.25) is 23.1 Å². The fraction of sp³-hybridized carbons (Fsp3) is 0.259. The van der Waals surface area contributed by atoms with E-state index in [1.807, 2.05) is 0 Å². The van der Waals surface area contributed by atoms with Crippen LogP contribution in [-0.4, -0.2) is 45.1 Å². The summed E-state index contributed by atoms with van der Waals surface area (Å²) in [5.41, 5.74) is -2.90. The van der Waals surface area contributed by atoms with Crippen molar-refractivity contribution < 1.29 is 26.4 Å². The molecule has 0 saturated carbocycles. The highest BCUT2D eigenvalue weighted by atomic mass is 32.2. The number of carbonyl (C=O) groups excluding carboxylic acids is 1. The third-order valence-electron chi connectivity index (χ3n) is 7.18. The van der Waals surface area contributed by atoms with E-state index in [9.17, 15) is 36.0 Å². The van der Waals surface area contributed by atoms with Crippen LogP contribution >= 0.6 is 0 Å². The smallest absolute Gasteiger partial charge is 0.352 e. The molecule has 0 unspecified atom stereocenters. The number of pyridine rings is 1. The molecule has 0 saturated heterocycles. The SMILES string of the molecule is O=C(NCCCn1c(=O)c(-c2ccccc2)c2n(c1=O)CCCS2(=O)=O)c1c(C(F)(F)F)c2cnc3cccc1n32. The van der Waals surface area contributed by atoms with Gasteiger partial charge in [-0.2, -0.15) is 13.2 Å². The van der Waals surface area contributed by atoms with Crippen molar-refractivity contribution in [2.24, 2.45) is 0 Å².